The minimum atomic E-state index is 0.489. The van der Waals surface area contributed by atoms with Crippen molar-refractivity contribution < 1.29 is 0 Å². The fraction of sp³-hybridized carbons (Fsp3) is 0.773. The van der Waals surface area contributed by atoms with Crippen LogP contribution in [-0.2, 0) is 0 Å². The number of nitrogens with zero attached hydrogens (tertiary/aromatic N) is 4. The number of thiocarbonyl (C=S) groups is 1. The summed E-state index contributed by atoms with van der Waals surface area (Å²) in [6.45, 7) is 8.96. The summed E-state index contributed by atoms with van der Waals surface area (Å²) in [7, 11) is 0. The van der Waals surface area contributed by atoms with Crippen molar-refractivity contribution in [2.45, 2.75) is 71.3 Å². The van der Waals surface area contributed by atoms with E-state index in [9.17, 15) is 0 Å². The van der Waals surface area contributed by atoms with E-state index < -0.39 is 0 Å². The number of hydrogen-bond donors (Lipinski definition) is 2. The van der Waals surface area contributed by atoms with Crippen LogP contribution in [0.1, 0.15) is 65.2 Å². The van der Waals surface area contributed by atoms with Gasteiger partial charge < -0.3 is 20.4 Å². The van der Waals surface area contributed by atoms with Gasteiger partial charge in [0.15, 0.2) is 5.11 Å². The lowest BCUT2D eigenvalue weighted by atomic mass is 9.92. The Morgan fingerprint density at radius 1 is 0.931 bits per heavy atom. The Kier molecular flexibility index (Phi) is 6.73. The molecule has 2 atom stereocenters. The summed E-state index contributed by atoms with van der Waals surface area (Å²) >= 11 is 5.58. The van der Waals surface area contributed by atoms with Gasteiger partial charge in [-0.05, 0) is 62.6 Å². The van der Waals surface area contributed by atoms with E-state index in [1.165, 1.54) is 51.4 Å². The minimum Gasteiger partial charge on any atom is -0.360 e. The molecule has 3 fully saturated rings. The lowest BCUT2D eigenvalue weighted by molar-refractivity contribution is 0.355. The maximum absolute atomic E-state index is 5.58. The standard InChI is InChI=1S/C22H36N6S/c1-16-12-17(2)15-28(14-16)20-13-19(27-10-6-3-7-11-27)24-21(25-20)26-22(29)23-18-8-4-5-9-18/h13,16-18H,3-12,14-15H2,1-2H3,(H2,23,24,25,26,29)/t16-,17-/m1/s1. The monoisotopic (exact) mass is 416 g/mol. The van der Waals surface area contributed by atoms with Crippen molar-refractivity contribution in [3.05, 3.63) is 6.07 Å². The van der Waals surface area contributed by atoms with Crippen LogP contribution in [-0.4, -0.2) is 47.3 Å². The van der Waals surface area contributed by atoms with Gasteiger partial charge in [-0.2, -0.15) is 9.97 Å². The van der Waals surface area contributed by atoms with Gasteiger partial charge in [-0.1, -0.05) is 26.7 Å². The third-order valence-corrected chi connectivity index (χ3v) is 6.71. The van der Waals surface area contributed by atoms with E-state index in [-0.39, 0.29) is 0 Å². The van der Waals surface area contributed by atoms with Crippen molar-refractivity contribution in [2.24, 2.45) is 11.8 Å². The molecule has 3 heterocycles. The van der Waals surface area contributed by atoms with Crippen molar-refractivity contribution in [1.29, 1.82) is 0 Å². The van der Waals surface area contributed by atoms with Gasteiger partial charge in [0.2, 0.25) is 5.95 Å². The normalized spacial score (nSPS) is 25.9. The second-order valence-electron chi connectivity index (χ2n) is 9.39. The molecule has 7 heteroatoms. The fourth-order valence-electron chi connectivity index (χ4n) is 5.17. The van der Waals surface area contributed by atoms with Gasteiger partial charge in [0.25, 0.3) is 0 Å². The first-order valence-electron chi connectivity index (χ1n) is 11.5. The van der Waals surface area contributed by atoms with E-state index in [1.807, 2.05) is 0 Å². The van der Waals surface area contributed by atoms with E-state index in [0.717, 1.165) is 37.8 Å². The zero-order valence-corrected chi connectivity index (χ0v) is 18.8. The summed E-state index contributed by atoms with van der Waals surface area (Å²) in [6, 6.07) is 2.68. The lowest BCUT2D eigenvalue weighted by Crippen LogP contribution is -2.40. The van der Waals surface area contributed by atoms with Gasteiger partial charge in [-0.15, -0.1) is 0 Å². The van der Waals surface area contributed by atoms with Crippen LogP contribution in [0.5, 0.6) is 0 Å². The van der Waals surface area contributed by atoms with Gasteiger partial charge in [0.1, 0.15) is 11.6 Å². The zero-order chi connectivity index (χ0) is 20.2. The average molecular weight is 417 g/mol. The Hall–Kier alpha value is -1.63. The predicted octanol–water partition coefficient (Wildman–Crippen LogP) is 4.18. The Morgan fingerprint density at radius 2 is 1.55 bits per heavy atom. The predicted molar refractivity (Wildman–Crippen MR) is 125 cm³/mol. The van der Waals surface area contributed by atoms with Crippen LogP contribution in [0.2, 0.25) is 0 Å². The summed E-state index contributed by atoms with van der Waals surface area (Å²) in [5.74, 6) is 4.07. The minimum absolute atomic E-state index is 0.489. The highest BCUT2D eigenvalue weighted by Gasteiger charge is 2.25. The van der Waals surface area contributed by atoms with Crippen LogP contribution in [0.25, 0.3) is 0 Å². The number of anilines is 3. The molecule has 2 saturated heterocycles. The smallest absolute Gasteiger partial charge is 0.232 e. The summed E-state index contributed by atoms with van der Waals surface area (Å²) in [5.41, 5.74) is 0. The van der Waals surface area contributed by atoms with Crippen LogP contribution >= 0.6 is 12.2 Å². The molecule has 1 saturated carbocycles. The quantitative estimate of drug-likeness (QED) is 0.714. The summed E-state index contributed by atoms with van der Waals surface area (Å²) in [5, 5.41) is 7.40. The second-order valence-corrected chi connectivity index (χ2v) is 9.79. The number of rotatable bonds is 4. The Balaban J connectivity index is 1.54. The first kappa shape index (κ1) is 20.6. The van der Waals surface area contributed by atoms with Gasteiger partial charge >= 0.3 is 0 Å². The number of piperidine rings is 2. The van der Waals surface area contributed by atoms with Gasteiger partial charge in [-0.3, -0.25) is 0 Å². The Labute approximate surface area is 180 Å². The average Bonchev–Trinajstić information content (AvgIpc) is 3.20. The van der Waals surface area contributed by atoms with Crippen molar-refractivity contribution in [3.63, 3.8) is 0 Å². The van der Waals surface area contributed by atoms with E-state index >= 15 is 0 Å². The molecule has 0 unspecified atom stereocenters. The molecule has 1 aromatic heterocycles. The first-order valence-corrected chi connectivity index (χ1v) is 11.9. The van der Waals surface area contributed by atoms with Crippen molar-refractivity contribution in [1.82, 2.24) is 15.3 Å². The third-order valence-electron chi connectivity index (χ3n) is 6.49. The van der Waals surface area contributed by atoms with Crippen molar-refractivity contribution in [3.8, 4) is 0 Å². The molecule has 0 spiro atoms. The third kappa shape index (κ3) is 5.50. The summed E-state index contributed by atoms with van der Waals surface area (Å²) in [6.07, 6.45) is 10.1. The largest absolute Gasteiger partial charge is 0.360 e. The number of hydrogen-bond acceptors (Lipinski definition) is 5. The molecule has 2 aliphatic heterocycles. The highest BCUT2D eigenvalue weighted by atomic mass is 32.1. The SMILES string of the molecule is C[C@@H]1C[C@@H](C)CN(c2cc(N3CCCCC3)nc(NC(=S)NC3CCCC3)n2)C1. The Morgan fingerprint density at radius 3 is 2.21 bits per heavy atom. The topological polar surface area (TPSA) is 56.3 Å². The second kappa shape index (κ2) is 9.45. The molecule has 0 bridgehead atoms. The lowest BCUT2D eigenvalue weighted by Gasteiger charge is -2.36. The molecule has 2 N–H and O–H groups in total. The molecule has 6 nitrogen and oxygen atoms in total. The molecule has 0 radical (unpaired) electrons. The molecule has 0 amide bonds. The van der Waals surface area contributed by atoms with Crippen LogP contribution < -0.4 is 20.4 Å². The van der Waals surface area contributed by atoms with E-state index in [1.54, 1.807) is 0 Å². The van der Waals surface area contributed by atoms with Crippen LogP contribution in [0.3, 0.4) is 0 Å². The molecule has 29 heavy (non-hydrogen) atoms. The van der Waals surface area contributed by atoms with Crippen LogP contribution in [0.15, 0.2) is 6.07 Å². The van der Waals surface area contributed by atoms with Gasteiger partial charge in [0, 0.05) is 38.3 Å². The molecular formula is C22H36N6S. The molecule has 0 aromatic carbocycles. The molecule has 160 valence electrons. The first-order chi connectivity index (χ1) is 14.1. The van der Waals surface area contributed by atoms with Crippen LogP contribution in [0.4, 0.5) is 17.6 Å². The Bertz CT molecular complexity index is 689. The molecule has 4 rings (SSSR count). The van der Waals surface area contributed by atoms with Crippen LogP contribution in [0, 0.1) is 11.8 Å². The maximum atomic E-state index is 5.58. The summed E-state index contributed by atoms with van der Waals surface area (Å²) in [4.78, 5) is 14.6. The highest BCUT2D eigenvalue weighted by Crippen LogP contribution is 2.29. The maximum Gasteiger partial charge on any atom is 0.232 e. The van der Waals surface area contributed by atoms with Gasteiger partial charge in [0.05, 0.1) is 0 Å². The highest BCUT2D eigenvalue weighted by molar-refractivity contribution is 7.80. The van der Waals surface area contributed by atoms with E-state index in [4.69, 9.17) is 22.2 Å². The van der Waals surface area contributed by atoms with E-state index in [2.05, 4.69) is 40.3 Å². The van der Waals surface area contributed by atoms with Crippen molar-refractivity contribution >= 4 is 34.9 Å². The number of aromatic nitrogens is 2. The van der Waals surface area contributed by atoms with Crippen molar-refractivity contribution in [2.75, 3.05) is 41.3 Å². The molecular weight excluding hydrogens is 380 g/mol. The molecule has 1 aliphatic carbocycles. The molecule has 3 aliphatic rings. The van der Waals surface area contributed by atoms with E-state index in [0.29, 0.717) is 28.9 Å². The molecule has 1 aromatic rings. The van der Waals surface area contributed by atoms with Gasteiger partial charge in [-0.25, -0.2) is 0 Å². The number of nitrogens with one attached hydrogen (secondary N) is 2. The zero-order valence-electron chi connectivity index (χ0n) is 18.0. The summed E-state index contributed by atoms with van der Waals surface area (Å²) < 4.78 is 0. The fourth-order valence-corrected chi connectivity index (χ4v) is 5.43.